The molecule has 0 aromatic heterocycles. The van der Waals surface area contributed by atoms with Crippen molar-refractivity contribution in [2.45, 2.75) is 103 Å². The van der Waals surface area contributed by atoms with E-state index in [4.69, 9.17) is 17.7 Å². The highest BCUT2D eigenvalue weighted by Gasteiger charge is 2.43. The summed E-state index contributed by atoms with van der Waals surface area (Å²) in [6.45, 7) is 24.9. The average Bonchev–Trinajstić information content (AvgIpc) is 2.42. The quantitative estimate of drug-likeness (QED) is 0.324. The maximum Gasteiger partial charge on any atom is 0.184 e. The summed E-state index contributed by atoms with van der Waals surface area (Å²) in [5.74, 6) is 0. The number of aliphatic hydroxyl groups excluding tert-OH is 1. The summed E-state index contributed by atoms with van der Waals surface area (Å²) < 4.78 is 24.9. The van der Waals surface area contributed by atoms with Crippen molar-refractivity contribution in [1.82, 2.24) is 0 Å². The molecule has 0 fully saturated rings. The monoisotopic (exact) mass is 468 g/mol. The topological polar surface area (TPSA) is 74.2 Å². The third-order valence-corrected chi connectivity index (χ3v) is 7.29. The van der Waals surface area contributed by atoms with Crippen molar-refractivity contribution in [3.63, 3.8) is 0 Å². The predicted molar refractivity (Wildman–Crippen MR) is 126 cm³/mol. The molecule has 0 spiro atoms. The molecule has 0 heterocycles. The molecule has 0 aromatic carbocycles. The summed E-state index contributed by atoms with van der Waals surface area (Å²) in [6.07, 6.45) is -2.21. The maximum atomic E-state index is 12.0. The van der Waals surface area contributed by atoms with Gasteiger partial charge in [-0.25, -0.2) is 0 Å². The van der Waals surface area contributed by atoms with Gasteiger partial charge in [0, 0.05) is 0 Å². The summed E-state index contributed by atoms with van der Waals surface area (Å²) in [7, 11) is -7.92. The molecule has 6 nitrogen and oxygen atoms in total. The molecule has 168 valence electrons. The fourth-order valence-electron chi connectivity index (χ4n) is 2.51. The van der Waals surface area contributed by atoms with Crippen LogP contribution >= 0.6 is 0 Å². The standard InChI is InChI=1S/C18H44O6Si4/c1-25(2,3)21-14-15(20)17(23-27(7,8)9)18(24-28(10,11)12)16(13-19)22-26(4,5)6/h13,15-18,20H,14H2,1-12H3/t15-,16+,17-,18-/m1/s1. The van der Waals surface area contributed by atoms with E-state index in [2.05, 4.69) is 58.9 Å². The highest BCUT2D eigenvalue weighted by molar-refractivity contribution is 6.71. The molecule has 0 unspecified atom stereocenters. The van der Waals surface area contributed by atoms with Gasteiger partial charge >= 0.3 is 0 Å². The predicted octanol–water partition coefficient (Wildman–Crippen LogP) is 4.06. The van der Waals surface area contributed by atoms with Crippen LogP contribution in [0.2, 0.25) is 78.6 Å². The van der Waals surface area contributed by atoms with Crippen molar-refractivity contribution >= 4 is 39.6 Å². The molecular weight excluding hydrogens is 425 g/mol. The minimum Gasteiger partial charge on any atom is -0.415 e. The lowest BCUT2D eigenvalue weighted by Gasteiger charge is -2.42. The van der Waals surface area contributed by atoms with E-state index in [-0.39, 0.29) is 6.61 Å². The molecule has 0 radical (unpaired) electrons. The zero-order chi connectivity index (χ0) is 22.6. The Morgan fingerprint density at radius 1 is 0.679 bits per heavy atom. The third kappa shape index (κ3) is 13.5. The SMILES string of the molecule is C[Si](C)(C)OC[C@@H](O)[C@@H](O[Si](C)(C)C)[C@H](O[Si](C)(C)C)[C@H](C=O)O[Si](C)(C)C. The lowest BCUT2D eigenvalue weighted by molar-refractivity contribution is -0.128. The Morgan fingerprint density at radius 2 is 1.07 bits per heavy atom. The highest BCUT2D eigenvalue weighted by Crippen LogP contribution is 2.25. The van der Waals surface area contributed by atoms with Gasteiger partial charge in [-0.2, -0.15) is 0 Å². The zero-order valence-corrected chi connectivity index (χ0v) is 24.1. The summed E-state index contributed by atoms with van der Waals surface area (Å²) in [5.41, 5.74) is 0. The van der Waals surface area contributed by atoms with Crippen LogP contribution in [0.5, 0.6) is 0 Å². The molecule has 0 aliphatic rings. The van der Waals surface area contributed by atoms with Crippen LogP contribution in [0.3, 0.4) is 0 Å². The molecule has 1 N–H and O–H groups in total. The van der Waals surface area contributed by atoms with Crippen molar-refractivity contribution in [3.8, 4) is 0 Å². The van der Waals surface area contributed by atoms with E-state index in [9.17, 15) is 9.90 Å². The maximum absolute atomic E-state index is 12.0. The van der Waals surface area contributed by atoms with Gasteiger partial charge in [-0.1, -0.05) is 0 Å². The number of carbonyl (C=O) groups is 1. The molecule has 0 saturated carbocycles. The Balaban J connectivity index is 5.93. The summed E-state index contributed by atoms with van der Waals surface area (Å²) in [6, 6.07) is 0. The first kappa shape index (κ1) is 28.3. The van der Waals surface area contributed by atoms with Crippen molar-refractivity contribution in [2.24, 2.45) is 0 Å². The number of aliphatic hydroxyl groups is 1. The van der Waals surface area contributed by atoms with E-state index in [1.807, 2.05) is 19.6 Å². The zero-order valence-electron chi connectivity index (χ0n) is 20.1. The minimum atomic E-state index is -2.05. The minimum absolute atomic E-state index is 0.162. The fourth-order valence-corrected chi connectivity index (χ4v) is 6.38. The molecule has 0 aliphatic carbocycles. The van der Waals surface area contributed by atoms with Crippen LogP contribution in [-0.4, -0.2) is 75.7 Å². The Labute approximate surface area is 176 Å². The Morgan fingerprint density at radius 3 is 1.39 bits per heavy atom. The van der Waals surface area contributed by atoms with Crippen LogP contribution < -0.4 is 0 Å². The molecule has 0 aromatic rings. The van der Waals surface area contributed by atoms with Gasteiger partial charge in [-0.05, 0) is 78.6 Å². The smallest absolute Gasteiger partial charge is 0.184 e. The van der Waals surface area contributed by atoms with Crippen LogP contribution in [-0.2, 0) is 22.5 Å². The van der Waals surface area contributed by atoms with Gasteiger partial charge in [0.1, 0.15) is 30.7 Å². The molecule has 0 bridgehead atoms. The van der Waals surface area contributed by atoms with E-state index in [1.54, 1.807) is 0 Å². The van der Waals surface area contributed by atoms with Crippen molar-refractivity contribution in [1.29, 1.82) is 0 Å². The van der Waals surface area contributed by atoms with Crippen LogP contribution in [0.25, 0.3) is 0 Å². The molecule has 0 saturated heterocycles. The van der Waals surface area contributed by atoms with E-state index in [0.717, 1.165) is 6.29 Å². The normalized spacial score (nSPS) is 18.5. The second kappa shape index (κ2) is 10.6. The summed E-state index contributed by atoms with van der Waals surface area (Å²) in [5, 5.41) is 11.0. The lowest BCUT2D eigenvalue weighted by Crippen LogP contribution is -2.58. The van der Waals surface area contributed by atoms with Gasteiger partial charge < -0.3 is 27.6 Å². The van der Waals surface area contributed by atoms with Gasteiger partial charge in [0.15, 0.2) is 33.3 Å². The van der Waals surface area contributed by atoms with E-state index in [0.29, 0.717) is 0 Å². The second-order valence-electron chi connectivity index (χ2n) is 11.2. The summed E-state index contributed by atoms with van der Waals surface area (Å²) >= 11 is 0. The number of rotatable bonds is 13. The number of hydrogen-bond acceptors (Lipinski definition) is 6. The molecule has 0 amide bonds. The van der Waals surface area contributed by atoms with Gasteiger partial charge in [0.2, 0.25) is 0 Å². The Hall–Kier alpha value is 0.338. The first-order valence-electron chi connectivity index (χ1n) is 10.0. The molecule has 0 aliphatic heterocycles. The van der Waals surface area contributed by atoms with Crippen LogP contribution in [0, 0.1) is 0 Å². The van der Waals surface area contributed by atoms with Gasteiger partial charge in [0.25, 0.3) is 0 Å². The van der Waals surface area contributed by atoms with Crippen LogP contribution in [0.15, 0.2) is 0 Å². The number of carbonyl (C=O) groups excluding carboxylic acids is 1. The molecular formula is C18H44O6Si4. The van der Waals surface area contributed by atoms with Crippen LogP contribution in [0.4, 0.5) is 0 Å². The number of aldehydes is 1. The van der Waals surface area contributed by atoms with E-state index < -0.39 is 57.7 Å². The van der Waals surface area contributed by atoms with Gasteiger partial charge in [0.05, 0.1) is 6.61 Å². The first-order chi connectivity index (χ1) is 12.2. The fraction of sp³-hybridized carbons (Fsp3) is 0.944. The first-order valence-corrected chi connectivity index (χ1v) is 23.7. The highest BCUT2D eigenvalue weighted by atomic mass is 28.4. The largest absolute Gasteiger partial charge is 0.415 e. The van der Waals surface area contributed by atoms with Crippen molar-refractivity contribution in [3.05, 3.63) is 0 Å². The molecule has 10 heteroatoms. The van der Waals surface area contributed by atoms with Crippen LogP contribution in [0.1, 0.15) is 0 Å². The molecule has 28 heavy (non-hydrogen) atoms. The van der Waals surface area contributed by atoms with Gasteiger partial charge in [-0.15, -0.1) is 0 Å². The Kier molecular flexibility index (Phi) is 10.7. The van der Waals surface area contributed by atoms with Crippen molar-refractivity contribution < 1.29 is 27.6 Å². The molecule has 0 rings (SSSR count). The lowest BCUT2D eigenvalue weighted by atomic mass is 10.0. The average molecular weight is 469 g/mol. The molecule has 4 atom stereocenters. The third-order valence-electron chi connectivity index (χ3n) is 3.32. The Bertz CT molecular complexity index is 476. The number of hydrogen-bond donors (Lipinski definition) is 1. The van der Waals surface area contributed by atoms with Crippen molar-refractivity contribution in [2.75, 3.05) is 6.61 Å². The van der Waals surface area contributed by atoms with Gasteiger partial charge in [-0.3, -0.25) is 0 Å². The van der Waals surface area contributed by atoms with E-state index >= 15 is 0 Å². The van der Waals surface area contributed by atoms with E-state index in [1.165, 1.54) is 0 Å². The second-order valence-corrected chi connectivity index (χ2v) is 29.1. The summed E-state index contributed by atoms with van der Waals surface area (Å²) in [4.78, 5) is 12.0.